The van der Waals surface area contributed by atoms with E-state index in [1.54, 1.807) is 0 Å². The third kappa shape index (κ3) is 5.41. The predicted octanol–water partition coefficient (Wildman–Crippen LogP) is 5.81. The summed E-state index contributed by atoms with van der Waals surface area (Å²) in [6.45, 7) is 9.08. The molecule has 4 aliphatic rings. The van der Waals surface area contributed by atoms with Crippen molar-refractivity contribution in [3.05, 3.63) is 65.1 Å². The second kappa shape index (κ2) is 12.3. The molecule has 0 radical (unpaired) electrons. The zero-order valence-corrected chi connectivity index (χ0v) is 28.8. The summed E-state index contributed by atoms with van der Waals surface area (Å²) >= 11 is -1.28. The van der Waals surface area contributed by atoms with E-state index in [-0.39, 0.29) is 17.7 Å². The molecule has 2 fully saturated rings. The fraction of sp³-hybridized carbons (Fsp3) is 0.528. The lowest BCUT2D eigenvalue weighted by Crippen LogP contribution is -2.50. The number of nitriles is 1. The summed E-state index contributed by atoms with van der Waals surface area (Å²) in [7, 11) is 0. The molecule has 48 heavy (non-hydrogen) atoms. The molecular formula is C36H43N9O2S. The number of nitrogens with one attached hydrogen (secondary N) is 1. The molecule has 0 saturated carbocycles. The first kappa shape index (κ1) is 31.5. The maximum Gasteiger partial charge on any atom is 0.183 e. The molecule has 3 aromatic heterocycles. The summed E-state index contributed by atoms with van der Waals surface area (Å²) in [5.41, 5.74) is 6.43. The summed E-state index contributed by atoms with van der Waals surface area (Å²) in [4.78, 5) is 19.5. The third-order valence-electron chi connectivity index (χ3n) is 10.6. The molecule has 4 aromatic rings. The highest BCUT2D eigenvalue weighted by Crippen LogP contribution is 2.54. The maximum atomic E-state index is 13.5. The maximum absolute atomic E-state index is 13.5. The number of ether oxygens (including phenoxy) is 1. The molecule has 1 aromatic carbocycles. The Morgan fingerprint density at radius 2 is 1.94 bits per heavy atom. The van der Waals surface area contributed by atoms with Gasteiger partial charge in [-0.2, -0.15) is 5.26 Å². The van der Waals surface area contributed by atoms with Crippen molar-refractivity contribution in [3.63, 3.8) is 0 Å². The number of fused-ring (bicyclic) bond motifs is 3. The average Bonchev–Trinajstić information content (AvgIpc) is 3.63. The lowest BCUT2D eigenvalue weighted by Gasteiger charge is -2.44. The monoisotopic (exact) mass is 665 g/mol. The van der Waals surface area contributed by atoms with Crippen LogP contribution >= 0.6 is 0 Å². The van der Waals surface area contributed by atoms with Crippen molar-refractivity contribution in [2.45, 2.75) is 89.2 Å². The van der Waals surface area contributed by atoms with Gasteiger partial charge in [-0.15, -0.1) is 9.82 Å². The Morgan fingerprint density at radius 3 is 2.71 bits per heavy atom. The van der Waals surface area contributed by atoms with Gasteiger partial charge in [0.05, 0.1) is 35.3 Å². The molecule has 0 amide bonds. The smallest absolute Gasteiger partial charge is 0.183 e. The van der Waals surface area contributed by atoms with Crippen LogP contribution in [0.1, 0.15) is 94.0 Å². The summed E-state index contributed by atoms with van der Waals surface area (Å²) in [6.07, 6.45) is 11.2. The van der Waals surface area contributed by atoms with Crippen LogP contribution in [0.15, 0.2) is 42.7 Å². The van der Waals surface area contributed by atoms with Crippen molar-refractivity contribution >= 4 is 39.8 Å². The van der Waals surface area contributed by atoms with Crippen LogP contribution in [-0.4, -0.2) is 60.3 Å². The minimum Gasteiger partial charge on any atom is -0.598 e. The minimum absolute atomic E-state index is 0.148. The van der Waals surface area contributed by atoms with Gasteiger partial charge in [0.15, 0.2) is 23.2 Å². The Balaban J connectivity index is 1.11. The van der Waals surface area contributed by atoms with Gasteiger partial charge < -0.3 is 19.1 Å². The van der Waals surface area contributed by atoms with E-state index in [2.05, 4.69) is 37.7 Å². The Kier molecular flexibility index (Phi) is 8.06. The molecule has 1 N–H and O–H groups in total. The Morgan fingerprint density at radius 1 is 1.08 bits per heavy atom. The molecule has 12 heteroatoms. The van der Waals surface area contributed by atoms with Gasteiger partial charge in [0.25, 0.3) is 0 Å². The fourth-order valence-corrected chi connectivity index (χ4v) is 8.99. The van der Waals surface area contributed by atoms with E-state index in [1.165, 1.54) is 5.56 Å². The average molecular weight is 666 g/mol. The molecule has 1 unspecified atom stereocenters. The van der Waals surface area contributed by atoms with Gasteiger partial charge in [0.2, 0.25) is 0 Å². The Bertz CT molecular complexity index is 1870. The van der Waals surface area contributed by atoms with E-state index in [4.69, 9.17) is 19.8 Å². The summed E-state index contributed by atoms with van der Waals surface area (Å²) < 4.78 is 24.8. The highest BCUT2D eigenvalue weighted by atomic mass is 32.2. The van der Waals surface area contributed by atoms with E-state index in [0.717, 1.165) is 111 Å². The van der Waals surface area contributed by atoms with Crippen molar-refractivity contribution in [1.29, 1.82) is 5.26 Å². The highest BCUT2D eigenvalue weighted by Gasteiger charge is 2.51. The molecule has 6 heterocycles. The van der Waals surface area contributed by atoms with Crippen molar-refractivity contribution in [3.8, 4) is 6.07 Å². The largest absolute Gasteiger partial charge is 0.598 e. The lowest BCUT2D eigenvalue weighted by atomic mass is 9.73. The lowest BCUT2D eigenvalue weighted by molar-refractivity contribution is -0.0368. The van der Waals surface area contributed by atoms with Gasteiger partial charge in [-0.3, -0.25) is 4.98 Å². The summed E-state index contributed by atoms with van der Waals surface area (Å²) in [6, 6.07) is 12.4. The second-order valence-electron chi connectivity index (χ2n) is 14.7. The van der Waals surface area contributed by atoms with E-state index >= 15 is 0 Å². The van der Waals surface area contributed by atoms with Gasteiger partial charge in [-0.1, -0.05) is 12.1 Å². The van der Waals surface area contributed by atoms with E-state index < -0.39 is 16.1 Å². The molecular weight excluding hydrogens is 623 g/mol. The van der Waals surface area contributed by atoms with Crippen molar-refractivity contribution in [2.75, 3.05) is 36.0 Å². The molecule has 11 nitrogen and oxygen atoms in total. The van der Waals surface area contributed by atoms with Gasteiger partial charge in [0, 0.05) is 49.2 Å². The molecule has 0 bridgehead atoms. The third-order valence-corrected chi connectivity index (χ3v) is 12.2. The van der Waals surface area contributed by atoms with Crippen LogP contribution < -0.4 is 14.5 Å². The number of aryl methyl sites for hydroxylation is 1. The first-order valence-corrected chi connectivity index (χ1v) is 18.4. The molecule has 8 rings (SSSR count). The van der Waals surface area contributed by atoms with Crippen LogP contribution in [0.4, 0.5) is 17.3 Å². The number of anilines is 3. The molecule has 3 atom stereocenters. The normalized spacial score (nSPS) is 22.8. The SMILES string of the molecule is CC(C)(C)[S@@+]([O-])N[C@@H]1c2c(C#N)cccc2CC12CCN(c1cnc3c(N4CCCc5ncccc54)nn(C4CCCCO4)c3n1)CC2. The standard InChI is InChI=1S/C36H43N9O2S/c1-35(2,3)48(46)42-32-30-24(9-6-10-25(30)22-37)21-36(32)14-18-43(19-15-36)28-23-39-31-33(40-28)45(29-13-4-5-20-47-29)41-34(31)44-17-8-11-26-27(44)12-7-16-38-26/h6-7,9-10,12,16,23,29,32,42H,4-5,8,11,13-15,17-21H2,1-3H3/t29?,32-,48-/m1/s1. The Labute approximate surface area is 285 Å². The number of hydrogen-bond acceptors (Lipinski definition) is 10. The number of pyridine rings is 1. The van der Waals surface area contributed by atoms with E-state index in [0.29, 0.717) is 12.2 Å². The van der Waals surface area contributed by atoms with Crippen molar-refractivity contribution < 1.29 is 9.29 Å². The molecule has 1 aliphatic carbocycles. The first-order valence-electron chi connectivity index (χ1n) is 17.3. The van der Waals surface area contributed by atoms with Gasteiger partial charge in [0.1, 0.15) is 10.6 Å². The molecule has 1 spiro atoms. The van der Waals surface area contributed by atoms with E-state index in [9.17, 15) is 9.81 Å². The quantitative estimate of drug-likeness (QED) is 0.261. The molecule has 2 saturated heterocycles. The first-order chi connectivity index (χ1) is 23.3. The van der Waals surface area contributed by atoms with Crippen LogP contribution in [0.3, 0.4) is 0 Å². The van der Waals surface area contributed by atoms with Crippen LogP contribution in [0.2, 0.25) is 0 Å². The number of rotatable bonds is 5. The fourth-order valence-electron chi connectivity index (χ4n) is 8.06. The zero-order valence-electron chi connectivity index (χ0n) is 28.0. The zero-order chi connectivity index (χ0) is 33.0. The van der Waals surface area contributed by atoms with Gasteiger partial charge in [-0.05, 0) is 101 Å². The predicted molar refractivity (Wildman–Crippen MR) is 186 cm³/mol. The minimum atomic E-state index is -1.28. The second-order valence-corrected chi connectivity index (χ2v) is 16.7. The highest BCUT2D eigenvalue weighted by molar-refractivity contribution is 7.90. The number of hydrogen-bond donors (Lipinski definition) is 1. The van der Waals surface area contributed by atoms with Crippen molar-refractivity contribution in [1.82, 2.24) is 29.5 Å². The number of piperidine rings is 1. The van der Waals surface area contributed by atoms with Crippen LogP contribution in [0.5, 0.6) is 0 Å². The Hall–Kier alpha value is -3.76. The van der Waals surface area contributed by atoms with Crippen LogP contribution in [-0.2, 0) is 28.9 Å². The number of aromatic nitrogens is 5. The van der Waals surface area contributed by atoms with Gasteiger partial charge >= 0.3 is 0 Å². The van der Waals surface area contributed by atoms with Crippen molar-refractivity contribution in [2.24, 2.45) is 5.41 Å². The summed E-state index contributed by atoms with van der Waals surface area (Å²) in [5.74, 6) is 1.64. The molecule has 3 aliphatic heterocycles. The van der Waals surface area contributed by atoms with Gasteiger partial charge in [-0.25, -0.2) is 14.6 Å². The number of benzene rings is 1. The van der Waals surface area contributed by atoms with Crippen LogP contribution in [0.25, 0.3) is 11.2 Å². The van der Waals surface area contributed by atoms with E-state index in [1.807, 2.05) is 56.0 Å². The summed E-state index contributed by atoms with van der Waals surface area (Å²) in [5, 5.41) is 15.2. The topological polar surface area (TPSA) is 131 Å². The number of nitrogens with zero attached hydrogens (tertiary/aromatic N) is 8. The van der Waals surface area contributed by atoms with Crippen LogP contribution in [0, 0.1) is 16.7 Å². The molecule has 250 valence electrons.